The summed E-state index contributed by atoms with van der Waals surface area (Å²) in [4.78, 5) is 2.51. The average molecular weight is 303 g/mol. The van der Waals surface area contributed by atoms with Gasteiger partial charge in [-0.25, -0.2) is 0 Å². The van der Waals surface area contributed by atoms with Crippen LogP contribution in [0.2, 0.25) is 0 Å². The number of hydrogen-bond donors (Lipinski definition) is 1. The second-order valence-corrected chi connectivity index (χ2v) is 6.08. The van der Waals surface area contributed by atoms with Gasteiger partial charge in [0.15, 0.2) is 0 Å². The number of likely N-dealkylation sites (tertiary alicyclic amines) is 1. The standard InChI is InChI=1S/C17H25N3O2/c21-16(17-7-4-13-22-17)14-15-6-2-1-3-9-19(15)11-12-20-10-5-8-18-20/h4-5,7-8,10,13,15-16,21H,1-3,6,9,11-12,14H2. The van der Waals surface area contributed by atoms with E-state index in [0.29, 0.717) is 11.8 Å². The summed E-state index contributed by atoms with van der Waals surface area (Å²) in [5, 5.41) is 14.7. The van der Waals surface area contributed by atoms with Crippen LogP contribution in [0.15, 0.2) is 41.3 Å². The Balaban J connectivity index is 1.60. The fourth-order valence-corrected chi connectivity index (χ4v) is 3.32. The van der Waals surface area contributed by atoms with Gasteiger partial charge in [0.25, 0.3) is 0 Å². The van der Waals surface area contributed by atoms with Gasteiger partial charge < -0.3 is 9.52 Å². The number of nitrogens with zero attached hydrogens (tertiary/aromatic N) is 3. The summed E-state index contributed by atoms with van der Waals surface area (Å²) in [6, 6.07) is 6.06. The van der Waals surface area contributed by atoms with Gasteiger partial charge in [-0.2, -0.15) is 5.10 Å². The molecule has 3 heterocycles. The summed E-state index contributed by atoms with van der Waals surface area (Å²) in [5.41, 5.74) is 0. The summed E-state index contributed by atoms with van der Waals surface area (Å²) in [6.45, 7) is 2.99. The molecule has 3 rings (SSSR count). The minimum Gasteiger partial charge on any atom is -0.467 e. The molecular weight excluding hydrogens is 278 g/mol. The van der Waals surface area contributed by atoms with Crippen molar-refractivity contribution in [3.8, 4) is 0 Å². The Kier molecular flexibility index (Phi) is 5.29. The molecule has 1 aliphatic rings. The zero-order valence-corrected chi connectivity index (χ0v) is 13.0. The highest BCUT2D eigenvalue weighted by atomic mass is 16.4. The van der Waals surface area contributed by atoms with Crippen LogP contribution in [-0.2, 0) is 6.54 Å². The van der Waals surface area contributed by atoms with Gasteiger partial charge >= 0.3 is 0 Å². The Morgan fingerprint density at radius 3 is 3.00 bits per heavy atom. The van der Waals surface area contributed by atoms with Crippen LogP contribution in [0, 0.1) is 0 Å². The van der Waals surface area contributed by atoms with Crippen molar-refractivity contribution >= 4 is 0 Å². The first-order valence-electron chi connectivity index (χ1n) is 8.26. The highest BCUT2D eigenvalue weighted by Gasteiger charge is 2.25. The Bertz CT molecular complexity index is 524. The monoisotopic (exact) mass is 303 g/mol. The van der Waals surface area contributed by atoms with Crippen LogP contribution >= 0.6 is 0 Å². The molecule has 0 amide bonds. The Hall–Kier alpha value is -1.59. The van der Waals surface area contributed by atoms with Crippen molar-refractivity contribution in [3.05, 3.63) is 42.6 Å². The van der Waals surface area contributed by atoms with E-state index in [0.717, 1.165) is 32.5 Å². The number of aliphatic hydroxyl groups is 1. The largest absolute Gasteiger partial charge is 0.467 e. The van der Waals surface area contributed by atoms with Crippen molar-refractivity contribution in [2.75, 3.05) is 13.1 Å². The number of aliphatic hydroxyl groups excluding tert-OH is 1. The molecule has 2 aromatic heterocycles. The second-order valence-electron chi connectivity index (χ2n) is 6.08. The molecule has 22 heavy (non-hydrogen) atoms. The first kappa shape index (κ1) is 15.3. The van der Waals surface area contributed by atoms with Gasteiger partial charge in [0.05, 0.1) is 12.8 Å². The Labute approximate surface area is 131 Å². The average Bonchev–Trinajstić information content (AvgIpc) is 3.18. The summed E-state index contributed by atoms with van der Waals surface area (Å²) >= 11 is 0. The fraction of sp³-hybridized carbons (Fsp3) is 0.588. The van der Waals surface area contributed by atoms with Gasteiger partial charge in [-0.3, -0.25) is 9.58 Å². The van der Waals surface area contributed by atoms with Gasteiger partial charge in [0, 0.05) is 25.0 Å². The third-order valence-corrected chi connectivity index (χ3v) is 4.54. The van der Waals surface area contributed by atoms with Gasteiger partial charge in [0.2, 0.25) is 0 Å². The first-order valence-corrected chi connectivity index (χ1v) is 8.26. The third-order valence-electron chi connectivity index (χ3n) is 4.54. The molecule has 5 heteroatoms. The molecule has 5 nitrogen and oxygen atoms in total. The molecule has 1 fully saturated rings. The summed E-state index contributed by atoms with van der Waals surface area (Å²) in [5.74, 6) is 0.677. The van der Waals surface area contributed by atoms with E-state index in [1.54, 1.807) is 6.26 Å². The van der Waals surface area contributed by atoms with Crippen LogP contribution in [0.4, 0.5) is 0 Å². The van der Waals surface area contributed by atoms with Gasteiger partial charge in [-0.05, 0) is 44.0 Å². The van der Waals surface area contributed by atoms with Crippen LogP contribution in [0.1, 0.15) is 44.0 Å². The molecule has 120 valence electrons. The molecule has 2 unspecified atom stereocenters. The minimum atomic E-state index is -0.509. The van der Waals surface area contributed by atoms with Crippen molar-refractivity contribution in [2.45, 2.75) is 50.8 Å². The van der Waals surface area contributed by atoms with Crippen LogP contribution in [0.25, 0.3) is 0 Å². The van der Waals surface area contributed by atoms with E-state index in [-0.39, 0.29) is 0 Å². The SMILES string of the molecule is OC(CC1CCCCCN1CCn1cccn1)c1ccco1. The fourth-order valence-electron chi connectivity index (χ4n) is 3.32. The molecule has 0 saturated carbocycles. The highest BCUT2D eigenvalue weighted by Crippen LogP contribution is 2.26. The van der Waals surface area contributed by atoms with Crippen molar-refractivity contribution < 1.29 is 9.52 Å². The molecule has 1 N–H and O–H groups in total. The molecule has 0 aromatic carbocycles. The minimum absolute atomic E-state index is 0.415. The predicted molar refractivity (Wildman–Crippen MR) is 84.3 cm³/mol. The lowest BCUT2D eigenvalue weighted by molar-refractivity contribution is 0.0842. The highest BCUT2D eigenvalue weighted by molar-refractivity contribution is 5.02. The molecule has 2 aromatic rings. The molecular formula is C17H25N3O2. The molecule has 0 radical (unpaired) electrons. The van der Waals surface area contributed by atoms with Crippen LogP contribution in [0.3, 0.4) is 0 Å². The molecule has 1 aliphatic heterocycles. The van der Waals surface area contributed by atoms with E-state index in [9.17, 15) is 5.11 Å². The number of hydrogen-bond acceptors (Lipinski definition) is 4. The van der Waals surface area contributed by atoms with Crippen molar-refractivity contribution in [2.24, 2.45) is 0 Å². The van der Waals surface area contributed by atoms with Gasteiger partial charge in [-0.1, -0.05) is 12.8 Å². The topological polar surface area (TPSA) is 54.4 Å². The molecule has 0 bridgehead atoms. The molecule has 2 atom stereocenters. The molecule has 0 aliphatic carbocycles. The summed E-state index contributed by atoms with van der Waals surface area (Å²) in [7, 11) is 0. The molecule has 1 saturated heterocycles. The van der Waals surface area contributed by atoms with E-state index >= 15 is 0 Å². The van der Waals surface area contributed by atoms with Crippen LogP contribution in [0.5, 0.6) is 0 Å². The lowest BCUT2D eigenvalue weighted by Gasteiger charge is -2.31. The van der Waals surface area contributed by atoms with E-state index < -0.39 is 6.10 Å². The summed E-state index contributed by atoms with van der Waals surface area (Å²) < 4.78 is 7.32. The zero-order valence-electron chi connectivity index (χ0n) is 13.0. The zero-order chi connectivity index (χ0) is 15.2. The maximum atomic E-state index is 10.4. The maximum Gasteiger partial charge on any atom is 0.132 e. The number of furan rings is 1. The lowest BCUT2D eigenvalue weighted by Crippen LogP contribution is -2.38. The number of aromatic nitrogens is 2. The van der Waals surface area contributed by atoms with Crippen molar-refractivity contribution in [3.63, 3.8) is 0 Å². The molecule has 0 spiro atoms. The Morgan fingerprint density at radius 1 is 1.27 bits per heavy atom. The van der Waals surface area contributed by atoms with Gasteiger partial charge in [0.1, 0.15) is 11.9 Å². The normalized spacial score (nSPS) is 21.6. The van der Waals surface area contributed by atoms with E-state index in [2.05, 4.69) is 10.00 Å². The van der Waals surface area contributed by atoms with Crippen molar-refractivity contribution in [1.82, 2.24) is 14.7 Å². The van der Waals surface area contributed by atoms with E-state index in [1.807, 2.05) is 35.3 Å². The first-order chi connectivity index (χ1) is 10.8. The van der Waals surface area contributed by atoms with E-state index in [1.165, 1.54) is 19.3 Å². The lowest BCUT2D eigenvalue weighted by atomic mass is 10.0. The summed E-state index contributed by atoms with van der Waals surface area (Å²) in [6.07, 6.45) is 10.6. The quantitative estimate of drug-likeness (QED) is 0.891. The smallest absolute Gasteiger partial charge is 0.132 e. The van der Waals surface area contributed by atoms with E-state index in [4.69, 9.17) is 4.42 Å². The van der Waals surface area contributed by atoms with Gasteiger partial charge in [-0.15, -0.1) is 0 Å². The van der Waals surface area contributed by atoms with Crippen molar-refractivity contribution in [1.29, 1.82) is 0 Å². The maximum absolute atomic E-state index is 10.4. The third kappa shape index (κ3) is 3.99. The predicted octanol–water partition coefficient (Wildman–Crippen LogP) is 2.84. The number of rotatable bonds is 6. The van der Waals surface area contributed by atoms with Crippen LogP contribution in [-0.4, -0.2) is 38.9 Å². The Morgan fingerprint density at radius 2 is 2.23 bits per heavy atom. The second kappa shape index (κ2) is 7.61. The van der Waals surface area contributed by atoms with Crippen LogP contribution < -0.4 is 0 Å².